The molecule has 0 aromatic carbocycles. The van der Waals surface area contributed by atoms with Crippen LogP contribution in [0, 0.1) is 0 Å². The Bertz CT molecular complexity index is 164. The average Bonchev–Trinajstić information content (AvgIpc) is 2.19. The van der Waals surface area contributed by atoms with Crippen LogP contribution in [0.2, 0.25) is 0 Å². The van der Waals surface area contributed by atoms with Gasteiger partial charge in [-0.15, -0.1) is 0 Å². The van der Waals surface area contributed by atoms with E-state index in [9.17, 15) is 0 Å². The predicted molar refractivity (Wildman–Crippen MR) is 32.0 cm³/mol. The predicted octanol–water partition coefficient (Wildman–Crippen LogP) is 0.389. The van der Waals surface area contributed by atoms with Crippen LogP contribution in [0.25, 0.3) is 0 Å². The van der Waals surface area contributed by atoms with Crippen LogP contribution in [-0.2, 0) is 0 Å². The number of hydrogen-bond acceptors (Lipinski definition) is 2. The van der Waals surface area contributed by atoms with E-state index in [4.69, 9.17) is 0 Å². The second-order valence-electron chi connectivity index (χ2n) is 1.36. The van der Waals surface area contributed by atoms with Gasteiger partial charge in [-0.25, -0.2) is 4.68 Å². The van der Waals surface area contributed by atoms with Crippen molar-refractivity contribution < 1.29 is 0 Å². The Balaban J connectivity index is 2.77. The van der Waals surface area contributed by atoms with Crippen molar-refractivity contribution in [3.05, 3.63) is 18.5 Å². The molecule has 1 rings (SSSR count). The van der Waals surface area contributed by atoms with E-state index >= 15 is 0 Å². The summed E-state index contributed by atoms with van der Waals surface area (Å²) in [6.07, 6.45) is 5.18. The highest BCUT2D eigenvalue weighted by Crippen LogP contribution is 1.75. The van der Waals surface area contributed by atoms with Gasteiger partial charge in [0, 0.05) is 19.4 Å². The van der Waals surface area contributed by atoms with Crippen molar-refractivity contribution in [1.82, 2.24) is 9.78 Å². The zero-order valence-electron chi connectivity index (χ0n) is 4.65. The number of nitrogens with zero attached hydrogens (tertiary/aromatic N) is 3. The maximum absolute atomic E-state index is 3.87. The lowest BCUT2D eigenvalue weighted by molar-refractivity contribution is 0.953. The lowest BCUT2D eigenvalue weighted by Gasteiger charge is -1.82. The molecular weight excluding hydrogens is 102 g/mol. The fraction of sp³-hybridized carbons (Fsp3) is 0.200. The highest BCUT2D eigenvalue weighted by molar-refractivity contribution is 5.55. The van der Waals surface area contributed by atoms with Gasteiger partial charge in [0.2, 0.25) is 0 Å². The molecule has 0 aliphatic rings. The van der Waals surface area contributed by atoms with Crippen LogP contribution in [0.1, 0.15) is 0 Å². The molecule has 0 saturated heterocycles. The fourth-order valence-electron chi connectivity index (χ4n) is 0.467. The van der Waals surface area contributed by atoms with Gasteiger partial charge in [0.15, 0.2) is 0 Å². The average molecular weight is 109 g/mol. The molecule has 3 nitrogen and oxygen atoms in total. The third-order valence-electron chi connectivity index (χ3n) is 0.759. The molecule has 42 valence electrons. The van der Waals surface area contributed by atoms with Crippen LogP contribution in [0.4, 0.5) is 0 Å². The summed E-state index contributed by atoms with van der Waals surface area (Å²) in [6.45, 7) is 0. The minimum atomic E-state index is 1.64. The van der Waals surface area contributed by atoms with Crippen LogP contribution in [0.5, 0.6) is 0 Å². The molecule has 0 fully saturated rings. The lowest BCUT2D eigenvalue weighted by Crippen LogP contribution is -1.93. The van der Waals surface area contributed by atoms with Crippen LogP contribution in [-0.4, -0.2) is 23.2 Å². The summed E-state index contributed by atoms with van der Waals surface area (Å²) >= 11 is 0. The van der Waals surface area contributed by atoms with Crippen molar-refractivity contribution in [3.8, 4) is 0 Å². The smallest absolute Gasteiger partial charge is 0.111 e. The molecule has 8 heavy (non-hydrogen) atoms. The monoisotopic (exact) mass is 109 g/mol. The van der Waals surface area contributed by atoms with E-state index in [-0.39, 0.29) is 0 Å². The molecule has 0 saturated carbocycles. The Morgan fingerprint density at radius 1 is 1.75 bits per heavy atom. The number of rotatable bonds is 1. The van der Waals surface area contributed by atoms with Gasteiger partial charge in [0.25, 0.3) is 0 Å². The van der Waals surface area contributed by atoms with Gasteiger partial charge < -0.3 is 0 Å². The Morgan fingerprint density at radius 2 is 2.62 bits per heavy atom. The van der Waals surface area contributed by atoms with Crippen molar-refractivity contribution in [2.24, 2.45) is 4.99 Å². The molecular formula is C5H7N3. The minimum Gasteiger partial charge on any atom is -0.277 e. The first-order chi connectivity index (χ1) is 3.93. The first-order valence-electron chi connectivity index (χ1n) is 2.35. The van der Waals surface area contributed by atoms with Gasteiger partial charge in [0.05, 0.1) is 0 Å². The molecule has 0 aliphatic carbocycles. The lowest BCUT2D eigenvalue weighted by atomic mass is 10.8. The summed E-state index contributed by atoms with van der Waals surface area (Å²) in [5, 5.41) is 3.87. The SMILES string of the molecule is CN=Cn1cccn1. The molecule has 1 heterocycles. The van der Waals surface area contributed by atoms with Gasteiger partial charge in [-0.05, 0) is 6.07 Å². The van der Waals surface area contributed by atoms with Gasteiger partial charge >= 0.3 is 0 Å². The Labute approximate surface area is 47.7 Å². The zero-order chi connectivity index (χ0) is 5.82. The zero-order valence-corrected chi connectivity index (χ0v) is 4.65. The summed E-state index contributed by atoms with van der Waals surface area (Å²) < 4.78 is 1.64. The van der Waals surface area contributed by atoms with E-state index in [1.807, 2.05) is 12.3 Å². The normalized spacial score (nSPS) is 10.6. The van der Waals surface area contributed by atoms with Crippen LogP contribution in [0.3, 0.4) is 0 Å². The maximum atomic E-state index is 3.87. The third-order valence-corrected chi connectivity index (χ3v) is 0.759. The standard InChI is InChI=1S/C5H7N3/c1-6-5-8-4-2-3-7-8/h2-5H,1H3. The Morgan fingerprint density at radius 3 is 3.12 bits per heavy atom. The van der Waals surface area contributed by atoms with Crippen LogP contribution < -0.4 is 0 Å². The van der Waals surface area contributed by atoms with Crippen molar-refractivity contribution in [2.45, 2.75) is 0 Å². The van der Waals surface area contributed by atoms with Crippen molar-refractivity contribution in [3.63, 3.8) is 0 Å². The molecule has 0 radical (unpaired) electrons. The van der Waals surface area contributed by atoms with Gasteiger partial charge in [-0.1, -0.05) is 0 Å². The molecule has 0 spiro atoms. The van der Waals surface area contributed by atoms with Gasteiger partial charge in [0.1, 0.15) is 6.34 Å². The fourth-order valence-corrected chi connectivity index (χ4v) is 0.467. The summed E-state index contributed by atoms with van der Waals surface area (Å²) in [5.74, 6) is 0. The van der Waals surface area contributed by atoms with Crippen LogP contribution >= 0.6 is 0 Å². The summed E-state index contributed by atoms with van der Waals surface area (Å²) in [6, 6.07) is 1.85. The summed E-state index contributed by atoms with van der Waals surface area (Å²) in [4.78, 5) is 3.75. The number of hydrogen-bond donors (Lipinski definition) is 0. The number of aliphatic imine (C=N–C) groups is 1. The molecule has 0 atom stereocenters. The van der Waals surface area contributed by atoms with E-state index in [1.54, 1.807) is 24.3 Å². The van der Waals surface area contributed by atoms with Crippen molar-refractivity contribution in [1.29, 1.82) is 0 Å². The molecule has 0 aliphatic heterocycles. The minimum absolute atomic E-state index is 1.64. The summed E-state index contributed by atoms with van der Waals surface area (Å²) in [5.41, 5.74) is 0. The highest BCUT2D eigenvalue weighted by Gasteiger charge is 1.76. The molecule has 1 aromatic heterocycles. The van der Waals surface area contributed by atoms with Gasteiger partial charge in [-0.3, -0.25) is 4.99 Å². The quantitative estimate of drug-likeness (QED) is 0.379. The van der Waals surface area contributed by atoms with E-state index in [1.165, 1.54) is 0 Å². The van der Waals surface area contributed by atoms with Crippen molar-refractivity contribution >= 4 is 6.34 Å². The molecule has 0 N–H and O–H groups in total. The second-order valence-corrected chi connectivity index (χ2v) is 1.36. The van der Waals surface area contributed by atoms with E-state index in [2.05, 4.69) is 10.1 Å². The van der Waals surface area contributed by atoms with Crippen molar-refractivity contribution in [2.75, 3.05) is 7.05 Å². The largest absolute Gasteiger partial charge is 0.277 e. The molecule has 1 aromatic rings. The summed E-state index contributed by atoms with van der Waals surface area (Å²) in [7, 11) is 1.71. The van der Waals surface area contributed by atoms with E-state index < -0.39 is 0 Å². The second kappa shape index (κ2) is 2.26. The van der Waals surface area contributed by atoms with E-state index in [0.29, 0.717) is 0 Å². The van der Waals surface area contributed by atoms with Gasteiger partial charge in [-0.2, -0.15) is 5.10 Å². The first kappa shape index (κ1) is 5.03. The maximum Gasteiger partial charge on any atom is 0.111 e. The third kappa shape index (κ3) is 0.932. The Hall–Kier alpha value is -1.12. The highest BCUT2D eigenvalue weighted by atomic mass is 15.3. The van der Waals surface area contributed by atoms with Crippen LogP contribution in [0.15, 0.2) is 23.5 Å². The molecule has 0 unspecified atom stereocenters. The van der Waals surface area contributed by atoms with E-state index in [0.717, 1.165) is 0 Å². The Kier molecular flexibility index (Phi) is 1.42. The topological polar surface area (TPSA) is 30.2 Å². The molecule has 0 amide bonds. The molecule has 3 heteroatoms. The first-order valence-corrected chi connectivity index (χ1v) is 2.35. The molecule has 0 bridgehead atoms. The number of aromatic nitrogens is 2.